The molecule has 0 aliphatic carbocycles. The molecule has 0 aromatic heterocycles. The SMILES string of the molecule is O=C(Cl)CC1CCOC1=O. The summed E-state index contributed by atoms with van der Waals surface area (Å²) in [6, 6.07) is 0. The van der Waals surface area contributed by atoms with Gasteiger partial charge in [0.25, 0.3) is 0 Å². The predicted octanol–water partition coefficient (Wildman–Crippen LogP) is 0.705. The Balaban J connectivity index is 2.40. The lowest BCUT2D eigenvalue weighted by Gasteiger charge is -1.97. The van der Waals surface area contributed by atoms with Crippen LogP contribution in [-0.2, 0) is 14.3 Å². The Labute approximate surface area is 63.3 Å². The predicted molar refractivity (Wildman–Crippen MR) is 34.5 cm³/mol. The van der Waals surface area contributed by atoms with Gasteiger partial charge in [-0.3, -0.25) is 9.59 Å². The summed E-state index contributed by atoms with van der Waals surface area (Å²) in [5.41, 5.74) is 0. The van der Waals surface area contributed by atoms with E-state index in [0.717, 1.165) is 0 Å². The molecule has 0 amide bonds. The van der Waals surface area contributed by atoms with Gasteiger partial charge in [-0.2, -0.15) is 0 Å². The minimum atomic E-state index is -0.469. The van der Waals surface area contributed by atoms with Gasteiger partial charge in [-0.15, -0.1) is 0 Å². The summed E-state index contributed by atoms with van der Waals surface area (Å²) in [6.07, 6.45) is 0.734. The second-order valence-corrected chi connectivity index (χ2v) is 2.63. The molecule has 1 rings (SSSR count). The number of rotatable bonds is 2. The maximum Gasteiger partial charge on any atom is 0.309 e. The molecule has 0 saturated carbocycles. The summed E-state index contributed by atoms with van der Waals surface area (Å²) >= 11 is 5.08. The number of cyclic esters (lactones) is 1. The van der Waals surface area contributed by atoms with Gasteiger partial charge in [0, 0.05) is 6.42 Å². The van der Waals surface area contributed by atoms with Crippen molar-refractivity contribution in [2.24, 2.45) is 5.92 Å². The van der Waals surface area contributed by atoms with Crippen LogP contribution in [0.3, 0.4) is 0 Å². The van der Waals surface area contributed by atoms with Gasteiger partial charge in [0.15, 0.2) is 0 Å². The highest BCUT2D eigenvalue weighted by atomic mass is 35.5. The highest BCUT2D eigenvalue weighted by Crippen LogP contribution is 2.18. The summed E-state index contributed by atoms with van der Waals surface area (Å²) in [5, 5.41) is -0.469. The molecule has 1 aliphatic heterocycles. The third-order valence-corrected chi connectivity index (χ3v) is 1.61. The van der Waals surface area contributed by atoms with Gasteiger partial charge in [0.05, 0.1) is 12.5 Å². The first kappa shape index (κ1) is 7.54. The fraction of sp³-hybridized carbons (Fsp3) is 0.667. The van der Waals surface area contributed by atoms with E-state index in [1.165, 1.54) is 0 Å². The molecule has 3 nitrogen and oxygen atoms in total. The fourth-order valence-electron chi connectivity index (χ4n) is 0.917. The molecule has 10 heavy (non-hydrogen) atoms. The Kier molecular flexibility index (Phi) is 2.27. The molecule has 1 aliphatic rings. The quantitative estimate of drug-likeness (QED) is 0.444. The Bertz CT molecular complexity index is 166. The maximum absolute atomic E-state index is 10.7. The van der Waals surface area contributed by atoms with E-state index in [4.69, 9.17) is 11.6 Å². The second kappa shape index (κ2) is 3.01. The molecule has 0 radical (unpaired) electrons. The van der Waals surface area contributed by atoms with E-state index in [1.54, 1.807) is 0 Å². The van der Waals surface area contributed by atoms with Crippen LogP contribution in [0.4, 0.5) is 0 Å². The lowest BCUT2D eigenvalue weighted by Crippen LogP contribution is -2.09. The number of hydrogen-bond donors (Lipinski definition) is 0. The number of esters is 1. The monoisotopic (exact) mass is 162 g/mol. The summed E-state index contributed by atoms with van der Waals surface area (Å²) < 4.78 is 4.62. The molecular weight excluding hydrogens is 156 g/mol. The van der Waals surface area contributed by atoms with Gasteiger partial charge in [-0.25, -0.2) is 0 Å². The van der Waals surface area contributed by atoms with E-state index in [0.29, 0.717) is 13.0 Å². The molecule has 0 bridgehead atoms. The van der Waals surface area contributed by atoms with Crippen LogP contribution in [0.2, 0.25) is 0 Å². The molecule has 0 aromatic rings. The zero-order valence-electron chi connectivity index (χ0n) is 5.30. The van der Waals surface area contributed by atoms with Crippen molar-refractivity contribution in [3.8, 4) is 0 Å². The average Bonchev–Trinajstić information content (AvgIpc) is 2.15. The van der Waals surface area contributed by atoms with Crippen molar-refractivity contribution in [1.29, 1.82) is 0 Å². The van der Waals surface area contributed by atoms with Gasteiger partial charge in [0.1, 0.15) is 0 Å². The van der Waals surface area contributed by atoms with Crippen LogP contribution >= 0.6 is 11.6 Å². The molecular formula is C6H7ClO3. The van der Waals surface area contributed by atoms with E-state index in [2.05, 4.69) is 4.74 Å². The lowest BCUT2D eigenvalue weighted by molar-refractivity contribution is -0.142. The molecule has 1 fully saturated rings. The second-order valence-electron chi connectivity index (χ2n) is 2.21. The Hall–Kier alpha value is -0.570. The van der Waals surface area contributed by atoms with Crippen molar-refractivity contribution >= 4 is 22.8 Å². The average molecular weight is 163 g/mol. The number of hydrogen-bond acceptors (Lipinski definition) is 3. The first-order valence-corrected chi connectivity index (χ1v) is 3.43. The Morgan fingerprint density at radius 1 is 1.80 bits per heavy atom. The van der Waals surface area contributed by atoms with Crippen molar-refractivity contribution in [2.75, 3.05) is 6.61 Å². The third-order valence-electron chi connectivity index (χ3n) is 1.45. The van der Waals surface area contributed by atoms with Crippen LogP contribution in [0.5, 0.6) is 0 Å². The summed E-state index contributed by atoms with van der Waals surface area (Å²) in [6.45, 7) is 0.424. The molecule has 0 aromatic carbocycles. The molecule has 1 atom stereocenters. The van der Waals surface area contributed by atoms with Crippen LogP contribution in [-0.4, -0.2) is 17.8 Å². The smallest absolute Gasteiger partial charge is 0.309 e. The zero-order valence-corrected chi connectivity index (χ0v) is 6.06. The van der Waals surface area contributed by atoms with Crippen molar-refractivity contribution in [3.63, 3.8) is 0 Å². The molecule has 56 valence electrons. The van der Waals surface area contributed by atoms with Crippen LogP contribution < -0.4 is 0 Å². The largest absolute Gasteiger partial charge is 0.465 e. The third kappa shape index (κ3) is 1.70. The number of carbonyl (C=O) groups is 2. The van der Waals surface area contributed by atoms with Gasteiger partial charge in [0.2, 0.25) is 5.24 Å². The number of ether oxygens (including phenoxy) is 1. The highest BCUT2D eigenvalue weighted by Gasteiger charge is 2.27. The molecule has 1 saturated heterocycles. The molecule has 1 unspecified atom stereocenters. The number of carbonyl (C=O) groups excluding carboxylic acids is 2. The van der Waals surface area contributed by atoms with Crippen LogP contribution in [0.15, 0.2) is 0 Å². The number of halogens is 1. The minimum absolute atomic E-state index is 0.111. The standard InChI is InChI=1S/C6H7ClO3/c7-5(8)3-4-1-2-10-6(4)9/h4H,1-3H2. The van der Waals surface area contributed by atoms with E-state index in [-0.39, 0.29) is 18.3 Å². The van der Waals surface area contributed by atoms with Crippen molar-refractivity contribution < 1.29 is 14.3 Å². The fourth-order valence-corrected chi connectivity index (χ4v) is 1.10. The normalized spacial score (nSPS) is 24.5. The lowest BCUT2D eigenvalue weighted by atomic mass is 10.1. The van der Waals surface area contributed by atoms with Crippen LogP contribution in [0.25, 0.3) is 0 Å². The molecule has 0 spiro atoms. The first-order valence-electron chi connectivity index (χ1n) is 3.05. The maximum atomic E-state index is 10.7. The van der Waals surface area contributed by atoms with Gasteiger partial charge < -0.3 is 4.74 Å². The van der Waals surface area contributed by atoms with E-state index in [1.807, 2.05) is 0 Å². The van der Waals surface area contributed by atoms with Crippen molar-refractivity contribution in [2.45, 2.75) is 12.8 Å². The van der Waals surface area contributed by atoms with E-state index >= 15 is 0 Å². The van der Waals surface area contributed by atoms with Gasteiger partial charge in [-0.1, -0.05) is 0 Å². The summed E-state index contributed by atoms with van der Waals surface area (Å²) in [5.74, 6) is -0.584. The first-order chi connectivity index (χ1) is 4.70. The van der Waals surface area contributed by atoms with E-state index in [9.17, 15) is 9.59 Å². The topological polar surface area (TPSA) is 43.4 Å². The van der Waals surface area contributed by atoms with Crippen molar-refractivity contribution in [3.05, 3.63) is 0 Å². The Morgan fingerprint density at radius 2 is 2.50 bits per heavy atom. The van der Waals surface area contributed by atoms with Crippen molar-refractivity contribution in [1.82, 2.24) is 0 Å². The Morgan fingerprint density at radius 3 is 2.90 bits per heavy atom. The van der Waals surface area contributed by atoms with Gasteiger partial charge >= 0.3 is 5.97 Å². The molecule has 1 heterocycles. The van der Waals surface area contributed by atoms with Crippen LogP contribution in [0, 0.1) is 5.92 Å². The van der Waals surface area contributed by atoms with Gasteiger partial charge in [-0.05, 0) is 18.0 Å². The van der Waals surface area contributed by atoms with Crippen LogP contribution in [0.1, 0.15) is 12.8 Å². The molecule has 4 heteroatoms. The highest BCUT2D eigenvalue weighted by molar-refractivity contribution is 6.63. The summed E-state index contributed by atoms with van der Waals surface area (Å²) in [7, 11) is 0. The zero-order chi connectivity index (χ0) is 7.56. The molecule has 0 N–H and O–H groups in total. The van der Waals surface area contributed by atoms with E-state index < -0.39 is 5.24 Å². The summed E-state index contributed by atoms with van der Waals surface area (Å²) in [4.78, 5) is 21.0. The minimum Gasteiger partial charge on any atom is -0.465 e.